The lowest BCUT2D eigenvalue weighted by molar-refractivity contribution is -0.111. The summed E-state index contributed by atoms with van der Waals surface area (Å²) in [5, 5.41) is 2.02. The normalized spacial score (nSPS) is 22.4. The summed E-state index contributed by atoms with van der Waals surface area (Å²) in [6.45, 7) is 8.70. The maximum atomic E-state index is 12.3. The van der Waals surface area contributed by atoms with Crippen molar-refractivity contribution in [3.8, 4) is 0 Å². The van der Waals surface area contributed by atoms with Gasteiger partial charge in [-0.1, -0.05) is 37.6 Å². The van der Waals surface area contributed by atoms with Crippen molar-refractivity contribution in [1.82, 2.24) is 0 Å². The molecule has 0 saturated heterocycles. The third-order valence-electron chi connectivity index (χ3n) is 4.33. The second-order valence-corrected chi connectivity index (χ2v) is 7.50. The number of allylic oxidation sites excluding steroid dienone is 5. The molecule has 0 radical (unpaired) electrons. The van der Waals surface area contributed by atoms with Crippen LogP contribution in [0.1, 0.15) is 45.4 Å². The molecule has 1 nitrogen and oxygen atoms in total. The molecule has 1 aliphatic rings. The molecule has 0 amide bonds. The number of ketones is 1. The summed E-state index contributed by atoms with van der Waals surface area (Å²) in [6.07, 6.45) is 10.4. The SMILES string of the molecule is CC(=CC1C(C)=CCCC1(C)C)C(=O)C=Cc1cccs1. The Morgan fingerprint density at radius 2 is 2.19 bits per heavy atom. The molecule has 0 bridgehead atoms. The van der Waals surface area contributed by atoms with Gasteiger partial charge in [-0.15, -0.1) is 11.3 Å². The summed E-state index contributed by atoms with van der Waals surface area (Å²) >= 11 is 1.64. The minimum atomic E-state index is 0.109. The molecule has 1 heterocycles. The Morgan fingerprint density at radius 1 is 1.43 bits per heavy atom. The molecular formula is C19H24OS. The van der Waals surface area contributed by atoms with E-state index >= 15 is 0 Å². The van der Waals surface area contributed by atoms with Gasteiger partial charge in [0, 0.05) is 10.8 Å². The first-order valence-electron chi connectivity index (χ1n) is 7.51. The van der Waals surface area contributed by atoms with E-state index in [0.717, 1.165) is 16.9 Å². The molecule has 1 aliphatic carbocycles. The number of hydrogen-bond donors (Lipinski definition) is 0. The summed E-state index contributed by atoms with van der Waals surface area (Å²) in [4.78, 5) is 13.4. The molecule has 21 heavy (non-hydrogen) atoms. The Morgan fingerprint density at radius 3 is 2.81 bits per heavy atom. The fourth-order valence-electron chi connectivity index (χ4n) is 2.94. The van der Waals surface area contributed by atoms with Crippen LogP contribution in [0.15, 0.2) is 46.9 Å². The van der Waals surface area contributed by atoms with Gasteiger partial charge in [-0.05, 0) is 61.3 Å². The second kappa shape index (κ2) is 6.57. The van der Waals surface area contributed by atoms with E-state index in [9.17, 15) is 4.79 Å². The summed E-state index contributed by atoms with van der Waals surface area (Å²) in [5.41, 5.74) is 2.47. The van der Waals surface area contributed by atoms with Gasteiger partial charge in [0.25, 0.3) is 0 Å². The zero-order chi connectivity index (χ0) is 15.5. The van der Waals surface area contributed by atoms with Gasteiger partial charge < -0.3 is 0 Å². The summed E-state index contributed by atoms with van der Waals surface area (Å²) < 4.78 is 0. The van der Waals surface area contributed by atoms with Crippen LogP contribution in [0.25, 0.3) is 6.08 Å². The van der Waals surface area contributed by atoms with Crippen molar-refractivity contribution in [2.24, 2.45) is 11.3 Å². The zero-order valence-corrected chi connectivity index (χ0v) is 14.2. The van der Waals surface area contributed by atoms with E-state index in [1.165, 1.54) is 12.0 Å². The number of rotatable bonds is 4. The predicted octanol–water partition coefficient (Wildman–Crippen LogP) is 5.66. The number of carbonyl (C=O) groups is 1. The van der Waals surface area contributed by atoms with Crippen molar-refractivity contribution < 1.29 is 4.79 Å². The quantitative estimate of drug-likeness (QED) is 0.518. The van der Waals surface area contributed by atoms with Gasteiger partial charge in [0.1, 0.15) is 0 Å². The molecule has 1 atom stereocenters. The lowest BCUT2D eigenvalue weighted by atomic mass is 9.68. The van der Waals surface area contributed by atoms with Crippen molar-refractivity contribution in [2.45, 2.75) is 40.5 Å². The van der Waals surface area contributed by atoms with Crippen molar-refractivity contribution in [1.29, 1.82) is 0 Å². The van der Waals surface area contributed by atoms with Gasteiger partial charge in [-0.2, -0.15) is 0 Å². The molecule has 112 valence electrons. The topological polar surface area (TPSA) is 17.1 Å². The fraction of sp³-hybridized carbons (Fsp3) is 0.421. The van der Waals surface area contributed by atoms with Crippen LogP contribution in [-0.4, -0.2) is 5.78 Å². The van der Waals surface area contributed by atoms with Gasteiger partial charge in [-0.3, -0.25) is 4.79 Å². The van der Waals surface area contributed by atoms with Crippen LogP contribution in [0.2, 0.25) is 0 Å². The lowest BCUT2D eigenvalue weighted by Gasteiger charge is -2.37. The number of hydrogen-bond acceptors (Lipinski definition) is 2. The van der Waals surface area contributed by atoms with Gasteiger partial charge in [0.15, 0.2) is 5.78 Å². The Kier molecular flexibility index (Phi) is 5.00. The third-order valence-corrected chi connectivity index (χ3v) is 5.17. The highest BCUT2D eigenvalue weighted by molar-refractivity contribution is 7.10. The molecule has 0 saturated carbocycles. The second-order valence-electron chi connectivity index (χ2n) is 6.52. The highest BCUT2D eigenvalue weighted by Gasteiger charge is 2.31. The van der Waals surface area contributed by atoms with Gasteiger partial charge >= 0.3 is 0 Å². The molecule has 0 fully saturated rings. The molecular weight excluding hydrogens is 276 g/mol. The Balaban J connectivity index is 2.14. The van der Waals surface area contributed by atoms with Gasteiger partial charge in [0.05, 0.1) is 0 Å². The van der Waals surface area contributed by atoms with Crippen LogP contribution < -0.4 is 0 Å². The summed E-state index contributed by atoms with van der Waals surface area (Å²) in [7, 11) is 0. The Labute approximate surface area is 132 Å². The van der Waals surface area contributed by atoms with E-state index in [1.807, 2.05) is 30.5 Å². The third kappa shape index (κ3) is 4.04. The van der Waals surface area contributed by atoms with Gasteiger partial charge in [-0.25, -0.2) is 0 Å². The Hall–Kier alpha value is -1.41. The van der Waals surface area contributed by atoms with Crippen molar-refractivity contribution in [2.75, 3.05) is 0 Å². The smallest absolute Gasteiger partial charge is 0.181 e. The van der Waals surface area contributed by atoms with Crippen LogP contribution >= 0.6 is 11.3 Å². The van der Waals surface area contributed by atoms with Crippen molar-refractivity contribution in [3.63, 3.8) is 0 Å². The number of thiophene rings is 1. The first-order valence-corrected chi connectivity index (χ1v) is 8.39. The molecule has 0 spiro atoms. The van der Waals surface area contributed by atoms with Crippen LogP contribution in [0.4, 0.5) is 0 Å². The first kappa shape index (κ1) is 16.0. The summed E-state index contributed by atoms with van der Waals surface area (Å²) in [5.74, 6) is 0.475. The minimum absolute atomic E-state index is 0.109. The monoisotopic (exact) mass is 300 g/mol. The summed E-state index contributed by atoms with van der Waals surface area (Å²) in [6, 6.07) is 4.01. The highest BCUT2D eigenvalue weighted by atomic mass is 32.1. The van der Waals surface area contributed by atoms with E-state index in [4.69, 9.17) is 0 Å². The molecule has 1 aromatic rings. The van der Waals surface area contributed by atoms with Crippen LogP contribution in [0, 0.1) is 11.3 Å². The van der Waals surface area contributed by atoms with Crippen molar-refractivity contribution in [3.05, 3.63) is 51.8 Å². The average molecular weight is 300 g/mol. The Bertz CT molecular complexity index is 585. The molecule has 1 aromatic heterocycles. The largest absolute Gasteiger partial charge is 0.290 e. The molecule has 2 heteroatoms. The molecule has 0 N–H and O–H groups in total. The number of carbonyl (C=O) groups excluding carboxylic acids is 1. The van der Waals surface area contributed by atoms with Crippen LogP contribution in [0.5, 0.6) is 0 Å². The van der Waals surface area contributed by atoms with Crippen molar-refractivity contribution >= 4 is 23.2 Å². The van der Waals surface area contributed by atoms with E-state index in [2.05, 4.69) is 32.9 Å². The van der Waals surface area contributed by atoms with E-state index in [0.29, 0.717) is 5.92 Å². The zero-order valence-electron chi connectivity index (χ0n) is 13.3. The molecule has 2 rings (SSSR count). The van der Waals surface area contributed by atoms with E-state index in [1.54, 1.807) is 17.4 Å². The maximum absolute atomic E-state index is 12.3. The standard InChI is InChI=1S/C19H24OS/c1-14-7-5-11-19(3,4)17(14)13-15(2)18(20)10-9-16-8-6-12-21-16/h6-10,12-13,17H,5,11H2,1-4H3. The lowest BCUT2D eigenvalue weighted by Crippen LogP contribution is -2.26. The average Bonchev–Trinajstić information content (AvgIpc) is 2.93. The van der Waals surface area contributed by atoms with E-state index < -0.39 is 0 Å². The van der Waals surface area contributed by atoms with Crippen LogP contribution in [-0.2, 0) is 4.79 Å². The first-order chi connectivity index (χ1) is 9.90. The van der Waals surface area contributed by atoms with E-state index in [-0.39, 0.29) is 11.2 Å². The minimum Gasteiger partial charge on any atom is -0.290 e. The maximum Gasteiger partial charge on any atom is 0.181 e. The fourth-order valence-corrected chi connectivity index (χ4v) is 3.55. The predicted molar refractivity (Wildman–Crippen MR) is 92.4 cm³/mol. The van der Waals surface area contributed by atoms with Gasteiger partial charge in [0.2, 0.25) is 0 Å². The molecule has 0 aromatic carbocycles. The molecule has 0 aliphatic heterocycles. The van der Waals surface area contributed by atoms with Crippen LogP contribution in [0.3, 0.4) is 0 Å². The highest BCUT2D eigenvalue weighted by Crippen LogP contribution is 2.42. The molecule has 1 unspecified atom stereocenters.